The second-order valence-electron chi connectivity index (χ2n) is 4.90. The van der Waals surface area contributed by atoms with E-state index in [1.807, 2.05) is 0 Å². The Labute approximate surface area is 95.3 Å². The van der Waals surface area contributed by atoms with E-state index in [1.165, 1.54) is 51.5 Å². The Morgan fingerprint density at radius 3 is 2.73 bits per heavy atom. The van der Waals surface area contributed by atoms with E-state index in [0.717, 1.165) is 18.4 Å². The van der Waals surface area contributed by atoms with Gasteiger partial charge >= 0.3 is 0 Å². The summed E-state index contributed by atoms with van der Waals surface area (Å²) < 4.78 is 0. The van der Waals surface area contributed by atoms with Gasteiger partial charge in [0, 0.05) is 6.04 Å². The van der Waals surface area contributed by atoms with Gasteiger partial charge in [0.05, 0.1) is 0 Å². The highest BCUT2D eigenvalue weighted by Gasteiger charge is 2.19. The molecule has 0 heterocycles. The molecule has 0 saturated heterocycles. The predicted octanol–water partition coefficient (Wildman–Crippen LogP) is 3.90. The fourth-order valence-electron chi connectivity index (χ4n) is 2.62. The molecule has 1 aliphatic rings. The molecule has 1 atom stereocenters. The van der Waals surface area contributed by atoms with Crippen LogP contribution in [-0.4, -0.2) is 12.6 Å². The first-order chi connectivity index (χ1) is 7.36. The quantitative estimate of drug-likeness (QED) is 0.598. The Bertz CT molecular complexity index is 159. The molecule has 0 aromatic rings. The van der Waals surface area contributed by atoms with E-state index >= 15 is 0 Å². The predicted molar refractivity (Wildman–Crippen MR) is 68.1 cm³/mol. The summed E-state index contributed by atoms with van der Waals surface area (Å²) in [6.45, 7) is 7.24. The van der Waals surface area contributed by atoms with Gasteiger partial charge in [-0.15, -0.1) is 6.58 Å². The molecule has 1 N–H and O–H groups in total. The number of allylic oxidation sites excluding steroid dienone is 1. The first kappa shape index (κ1) is 12.8. The Balaban J connectivity index is 2.22. The van der Waals surface area contributed by atoms with Crippen LogP contribution in [0.4, 0.5) is 0 Å². The fourth-order valence-corrected chi connectivity index (χ4v) is 2.62. The van der Waals surface area contributed by atoms with Crippen LogP contribution in [0.3, 0.4) is 0 Å². The third-order valence-corrected chi connectivity index (χ3v) is 3.49. The third kappa shape index (κ3) is 5.36. The standard InChI is InChI=1S/C14H27N/c1-3-5-10-14(15-11-4-2)12-13-8-6-7-9-13/h3,13-15H,1,4-12H2,2H3. The van der Waals surface area contributed by atoms with Crippen LogP contribution in [0, 0.1) is 5.92 Å². The molecule has 1 heteroatoms. The second-order valence-corrected chi connectivity index (χ2v) is 4.90. The van der Waals surface area contributed by atoms with Gasteiger partial charge in [-0.25, -0.2) is 0 Å². The molecule has 1 aliphatic carbocycles. The summed E-state index contributed by atoms with van der Waals surface area (Å²) in [5.41, 5.74) is 0. The zero-order chi connectivity index (χ0) is 10.9. The van der Waals surface area contributed by atoms with Crippen molar-refractivity contribution in [3.63, 3.8) is 0 Å². The summed E-state index contributed by atoms with van der Waals surface area (Å²) in [4.78, 5) is 0. The van der Waals surface area contributed by atoms with E-state index in [4.69, 9.17) is 0 Å². The highest BCUT2D eigenvalue weighted by molar-refractivity contribution is 4.78. The molecular formula is C14H27N. The molecule has 1 nitrogen and oxygen atoms in total. The molecule has 1 saturated carbocycles. The van der Waals surface area contributed by atoms with Crippen molar-refractivity contribution in [1.29, 1.82) is 0 Å². The maximum absolute atomic E-state index is 3.82. The van der Waals surface area contributed by atoms with E-state index in [-0.39, 0.29) is 0 Å². The first-order valence-corrected chi connectivity index (χ1v) is 6.71. The van der Waals surface area contributed by atoms with Gasteiger partial charge in [-0.05, 0) is 38.1 Å². The van der Waals surface area contributed by atoms with Crippen LogP contribution in [0.2, 0.25) is 0 Å². The maximum atomic E-state index is 3.82. The van der Waals surface area contributed by atoms with Gasteiger partial charge in [0.2, 0.25) is 0 Å². The molecular weight excluding hydrogens is 182 g/mol. The summed E-state index contributed by atoms with van der Waals surface area (Å²) in [7, 11) is 0. The van der Waals surface area contributed by atoms with Crippen molar-refractivity contribution in [3.8, 4) is 0 Å². The molecule has 0 aliphatic heterocycles. The van der Waals surface area contributed by atoms with Crippen molar-refractivity contribution < 1.29 is 0 Å². The minimum atomic E-state index is 0.742. The van der Waals surface area contributed by atoms with Crippen LogP contribution in [0.25, 0.3) is 0 Å². The molecule has 0 bridgehead atoms. The van der Waals surface area contributed by atoms with Crippen LogP contribution in [0.5, 0.6) is 0 Å². The Hall–Kier alpha value is -0.300. The lowest BCUT2D eigenvalue weighted by Gasteiger charge is -2.21. The minimum Gasteiger partial charge on any atom is -0.314 e. The van der Waals surface area contributed by atoms with Gasteiger partial charge in [0.1, 0.15) is 0 Å². The van der Waals surface area contributed by atoms with Crippen molar-refractivity contribution in [3.05, 3.63) is 12.7 Å². The zero-order valence-corrected chi connectivity index (χ0v) is 10.3. The highest BCUT2D eigenvalue weighted by atomic mass is 14.9. The van der Waals surface area contributed by atoms with Crippen molar-refractivity contribution in [2.24, 2.45) is 5.92 Å². The van der Waals surface area contributed by atoms with E-state index < -0.39 is 0 Å². The van der Waals surface area contributed by atoms with E-state index in [0.29, 0.717) is 0 Å². The van der Waals surface area contributed by atoms with E-state index in [9.17, 15) is 0 Å². The molecule has 0 aromatic heterocycles. The van der Waals surface area contributed by atoms with Crippen LogP contribution in [0.1, 0.15) is 58.3 Å². The van der Waals surface area contributed by atoms with Gasteiger partial charge in [-0.1, -0.05) is 38.7 Å². The molecule has 0 aromatic carbocycles. The average molecular weight is 209 g/mol. The summed E-state index contributed by atoms with van der Waals surface area (Å²) in [6, 6.07) is 0.742. The molecule has 15 heavy (non-hydrogen) atoms. The molecule has 1 rings (SSSR count). The fraction of sp³-hybridized carbons (Fsp3) is 0.857. The topological polar surface area (TPSA) is 12.0 Å². The maximum Gasteiger partial charge on any atom is 0.00726 e. The summed E-state index contributed by atoms with van der Waals surface area (Å²) >= 11 is 0. The van der Waals surface area contributed by atoms with Crippen molar-refractivity contribution in [2.75, 3.05) is 6.54 Å². The summed E-state index contributed by atoms with van der Waals surface area (Å²) in [6.07, 6.45) is 13.0. The number of hydrogen-bond acceptors (Lipinski definition) is 1. The minimum absolute atomic E-state index is 0.742. The van der Waals surface area contributed by atoms with Crippen molar-refractivity contribution in [2.45, 2.75) is 64.3 Å². The van der Waals surface area contributed by atoms with Crippen LogP contribution in [-0.2, 0) is 0 Å². The number of rotatable bonds is 8. The SMILES string of the molecule is C=CCCC(CC1CCCC1)NCCC. The van der Waals surface area contributed by atoms with E-state index in [1.54, 1.807) is 0 Å². The molecule has 0 radical (unpaired) electrons. The number of nitrogens with one attached hydrogen (secondary N) is 1. The molecule has 1 fully saturated rings. The Kier molecular flexibility index (Phi) is 6.74. The van der Waals surface area contributed by atoms with E-state index in [2.05, 4.69) is 24.9 Å². The first-order valence-electron chi connectivity index (χ1n) is 6.71. The smallest absolute Gasteiger partial charge is 0.00726 e. The van der Waals surface area contributed by atoms with Gasteiger partial charge in [0.25, 0.3) is 0 Å². The highest BCUT2D eigenvalue weighted by Crippen LogP contribution is 2.29. The number of hydrogen-bond donors (Lipinski definition) is 1. The van der Waals surface area contributed by atoms with Crippen LogP contribution < -0.4 is 5.32 Å². The third-order valence-electron chi connectivity index (χ3n) is 3.49. The second kappa shape index (κ2) is 7.92. The Morgan fingerprint density at radius 1 is 1.40 bits per heavy atom. The largest absolute Gasteiger partial charge is 0.314 e. The average Bonchev–Trinajstić information content (AvgIpc) is 2.74. The lowest BCUT2D eigenvalue weighted by atomic mass is 9.95. The van der Waals surface area contributed by atoms with Gasteiger partial charge in [-0.2, -0.15) is 0 Å². The van der Waals surface area contributed by atoms with Gasteiger partial charge in [-0.3, -0.25) is 0 Å². The molecule has 0 spiro atoms. The molecule has 1 unspecified atom stereocenters. The Morgan fingerprint density at radius 2 is 2.13 bits per heavy atom. The molecule has 88 valence electrons. The van der Waals surface area contributed by atoms with Crippen LogP contribution in [0.15, 0.2) is 12.7 Å². The summed E-state index contributed by atoms with van der Waals surface area (Å²) in [5, 5.41) is 3.68. The van der Waals surface area contributed by atoms with Crippen molar-refractivity contribution in [1.82, 2.24) is 5.32 Å². The summed E-state index contributed by atoms with van der Waals surface area (Å²) in [5.74, 6) is 1.00. The zero-order valence-electron chi connectivity index (χ0n) is 10.3. The normalized spacial score (nSPS) is 19.3. The lowest BCUT2D eigenvalue weighted by molar-refractivity contribution is 0.372. The molecule has 0 amide bonds. The van der Waals surface area contributed by atoms with Crippen molar-refractivity contribution >= 4 is 0 Å². The van der Waals surface area contributed by atoms with Crippen LogP contribution >= 0.6 is 0 Å². The van der Waals surface area contributed by atoms with Gasteiger partial charge < -0.3 is 5.32 Å². The lowest BCUT2D eigenvalue weighted by Crippen LogP contribution is -2.31. The van der Waals surface area contributed by atoms with Gasteiger partial charge in [0.15, 0.2) is 0 Å². The monoisotopic (exact) mass is 209 g/mol.